The van der Waals surface area contributed by atoms with Gasteiger partial charge in [0.15, 0.2) is 6.61 Å². The molecule has 0 aromatic heterocycles. The van der Waals surface area contributed by atoms with Gasteiger partial charge in [0.2, 0.25) is 0 Å². The Bertz CT molecular complexity index is 890. The largest absolute Gasteiger partial charge is 0.484 e. The van der Waals surface area contributed by atoms with Crippen molar-refractivity contribution >= 4 is 16.7 Å². The molecule has 140 valence electrons. The topological polar surface area (TPSA) is 47.6 Å². The Morgan fingerprint density at radius 1 is 1.00 bits per heavy atom. The van der Waals surface area contributed by atoms with E-state index in [1.54, 1.807) is 7.11 Å². The van der Waals surface area contributed by atoms with Crippen molar-refractivity contribution < 1.29 is 14.3 Å². The highest BCUT2D eigenvalue weighted by Gasteiger charge is 2.11. The third-order valence-electron chi connectivity index (χ3n) is 4.54. The van der Waals surface area contributed by atoms with Crippen LogP contribution in [0.1, 0.15) is 24.1 Å². The zero-order chi connectivity index (χ0) is 19.1. The van der Waals surface area contributed by atoms with Gasteiger partial charge in [0, 0.05) is 7.11 Å². The summed E-state index contributed by atoms with van der Waals surface area (Å²) >= 11 is 0. The van der Waals surface area contributed by atoms with Gasteiger partial charge < -0.3 is 14.8 Å². The highest BCUT2D eigenvalue weighted by Crippen LogP contribution is 2.20. The molecule has 0 aliphatic heterocycles. The van der Waals surface area contributed by atoms with E-state index < -0.39 is 0 Å². The molecule has 3 aromatic carbocycles. The molecule has 0 saturated heterocycles. The van der Waals surface area contributed by atoms with Gasteiger partial charge in [0.1, 0.15) is 5.75 Å². The van der Waals surface area contributed by atoms with E-state index in [9.17, 15) is 4.79 Å². The van der Waals surface area contributed by atoms with Crippen LogP contribution < -0.4 is 10.1 Å². The van der Waals surface area contributed by atoms with E-state index in [-0.39, 0.29) is 18.6 Å². The average Bonchev–Trinajstić information content (AvgIpc) is 2.71. The van der Waals surface area contributed by atoms with E-state index in [4.69, 9.17) is 9.47 Å². The highest BCUT2D eigenvalue weighted by atomic mass is 16.5. The van der Waals surface area contributed by atoms with Gasteiger partial charge >= 0.3 is 0 Å². The van der Waals surface area contributed by atoms with Crippen molar-refractivity contribution in [1.29, 1.82) is 0 Å². The number of ether oxygens (including phenoxy) is 2. The molecular formula is C23H25NO3. The normalized spacial score (nSPS) is 11.9. The number of rotatable bonds is 8. The van der Waals surface area contributed by atoms with Crippen LogP contribution in [-0.2, 0) is 16.0 Å². The maximum Gasteiger partial charge on any atom is 0.258 e. The quantitative estimate of drug-likeness (QED) is 0.650. The van der Waals surface area contributed by atoms with E-state index in [0.29, 0.717) is 12.4 Å². The van der Waals surface area contributed by atoms with Crippen LogP contribution in [0.3, 0.4) is 0 Å². The van der Waals surface area contributed by atoms with Crippen molar-refractivity contribution in [2.75, 3.05) is 20.3 Å². The lowest BCUT2D eigenvalue weighted by Crippen LogP contribution is -2.31. The van der Waals surface area contributed by atoms with Crippen molar-refractivity contribution in [2.24, 2.45) is 0 Å². The van der Waals surface area contributed by atoms with E-state index in [1.807, 2.05) is 49.4 Å². The van der Waals surface area contributed by atoms with Gasteiger partial charge in [0.25, 0.3) is 5.91 Å². The highest BCUT2D eigenvalue weighted by molar-refractivity contribution is 5.83. The number of carbonyl (C=O) groups is 1. The third kappa shape index (κ3) is 5.31. The van der Waals surface area contributed by atoms with Gasteiger partial charge in [-0.1, -0.05) is 48.5 Å². The second-order valence-electron chi connectivity index (χ2n) is 6.57. The van der Waals surface area contributed by atoms with Crippen LogP contribution in [0.15, 0.2) is 66.7 Å². The van der Waals surface area contributed by atoms with Gasteiger partial charge in [-0.25, -0.2) is 0 Å². The first-order valence-electron chi connectivity index (χ1n) is 9.14. The fourth-order valence-electron chi connectivity index (χ4n) is 2.96. The fourth-order valence-corrected chi connectivity index (χ4v) is 2.96. The summed E-state index contributed by atoms with van der Waals surface area (Å²) in [5.41, 5.74) is 2.25. The Morgan fingerprint density at radius 3 is 2.48 bits per heavy atom. The van der Waals surface area contributed by atoms with Crippen LogP contribution in [-0.4, -0.2) is 26.2 Å². The molecule has 1 N–H and O–H groups in total. The number of hydrogen-bond acceptors (Lipinski definition) is 3. The molecule has 3 aromatic rings. The predicted octanol–water partition coefficient (Wildman–Crippen LogP) is 4.28. The van der Waals surface area contributed by atoms with Crippen molar-refractivity contribution in [2.45, 2.75) is 19.4 Å². The number of nitrogens with one attached hydrogen (secondary N) is 1. The lowest BCUT2D eigenvalue weighted by molar-refractivity contribution is -0.123. The van der Waals surface area contributed by atoms with Crippen molar-refractivity contribution in [1.82, 2.24) is 5.32 Å². The van der Waals surface area contributed by atoms with Gasteiger partial charge in [-0.15, -0.1) is 0 Å². The van der Waals surface area contributed by atoms with Gasteiger partial charge in [-0.05, 0) is 53.4 Å². The lowest BCUT2D eigenvalue weighted by Gasteiger charge is -2.15. The summed E-state index contributed by atoms with van der Waals surface area (Å²) in [6.07, 6.45) is 0.862. The zero-order valence-electron chi connectivity index (χ0n) is 15.8. The first-order chi connectivity index (χ1) is 13.2. The maximum absolute atomic E-state index is 12.2. The number of hydrogen-bond donors (Lipinski definition) is 1. The van der Waals surface area contributed by atoms with E-state index in [2.05, 4.69) is 29.6 Å². The Hall–Kier alpha value is -2.85. The Morgan fingerprint density at radius 2 is 1.74 bits per heavy atom. The molecule has 4 nitrogen and oxygen atoms in total. The van der Waals surface area contributed by atoms with Crippen molar-refractivity contribution in [3.05, 3.63) is 77.9 Å². The smallest absolute Gasteiger partial charge is 0.258 e. The fraction of sp³-hybridized carbons (Fsp3) is 0.261. The average molecular weight is 363 g/mol. The zero-order valence-corrected chi connectivity index (χ0v) is 15.8. The lowest BCUT2D eigenvalue weighted by atomic mass is 10.0. The molecule has 0 saturated carbocycles. The van der Waals surface area contributed by atoms with Crippen LogP contribution in [0.4, 0.5) is 0 Å². The number of amides is 1. The van der Waals surface area contributed by atoms with Gasteiger partial charge in [0.05, 0.1) is 12.6 Å². The molecule has 0 spiro atoms. The molecule has 4 heteroatoms. The number of fused-ring (bicyclic) bond motifs is 1. The molecule has 0 aliphatic rings. The van der Waals surface area contributed by atoms with Crippen LogP contribution in [0.2, 0.25) is 0 Å². The standard InChI is InChI=1S/C23H25NO3/c1-17(20-10-9-19-5-3-4-6-21(19)15-20)24-23(25)16-27-22-11-7-18(8-12-22)13-14-26-2/h3-12,15,17H,13-14,16H2,1-2H3,(H,24,25)/t17-/m1/s1. The summed E-state index contributed by atoms with van der Waals surface area (Å²) < 4.78 is 10.7. The predicted molar refractivity (Wildman–Crippen MR) is 108 cm³/mol. The second kappa shape index (κ2) is 9.19. The molecule has 0 bridgehead atoms. The molecule has 27 heavy (non-hydrogen) atoms. The summed E-state index contributed by atoms with van der Waals surface area (Å²) in [6.45, 7) is 2.66. The van der Waals surface area contributed by atoms with E-state index in [1.165, 1.54) is 16.3 Å². The molecule has 1 atom stereocenters. The van der Waals surface area contributed by atoms with Gasteiger partial charge in [-0.2, -0.15) is 0 Å². The molecule has 0 radical (unpaired) electrons. The minimum atomic E-state index is -0.140. The monoisotopic (exact) mass is 363 g/mol. The van der Waals surface area contributed by atoms with Crippen molar-refractivity contribution in [3.63, 3.8) is 0 Å². The third-order valence-corrected chi connectivity index (χ3v) is 4.54. The number of benzene rings is 3. The Balaban J connectivity index is 1.52. The molecule has 3 rings (SSSR count). The SMILES string of the molecule is COCCc1ccc(OCC(=O)N[C@H](C)c2ccc3ccccc3c2)cc1. The minimum Gasteiger partial charge on any atom is -0.484 e. The summed E-state index contributed by atoms with van der Waals surface area (Å²) in [7, 11) is 1.69. The first-order valence-corrected chi connectivity index (χ1v) is 9.14. The molecule has 1 amide bonds. The Labute approximate surface area is 160 Å². The van der Waals surface area contributed by atoms with E-state index >= 15 is 0 Å². The summed E-state index contributed by atoms with van der Waals surface area (Å²) in [4.78, 5) is 12.2. The Kier molecular flexibility index (Phi) is 6.44. The van der Waals surface area contributed by atoms with Gasteiger partial charge in [-0.3, -0.25) is 4.79 Å². The minimum absolute atomic E-state index is 0.00462. The van der Waals surface area contributed by atoms with Crippen LogP contribution in [0, 0.1) is 0 Å². The van der Waals surface area contributed by atoms with E-state index in [0.717, 1.165) is 12.0 Å². The summed E-state index contributed by atoms with van der Waals surface area (Å²) in [5, 5.41) is 5.35. The van der Waals surface area contributed by atoms with Crippen LogP contribution in [0.5, 0.6) is 5.75 Å². The molecule has 0 fully saturated rings. The number of methoxy groups -OCH3 is 1. The van der Waals surface area contributed by atoms with Crippen LogP contribution in [0.25, 0.3) is 10.8 Å². The first kappa shape index (κ1) is 18.9. The number of carbonyl (C=O) groups excluding carboxylic acids is 1. The molecule has 0 unspecified atom stereocenters. The molecule has 0 aliphatic carbocycles. The maximum atomic E-state index is 12.2. The molecule has 0 heterocycles. The summed E-state index contributed by atoms with van der Waals surface area (Å²) in [6, 6.07) is 22.1. The second-order valence-corrected chi connectivity index (χ2v) is 6.57. The van der Waals surface area contributed by atoms with Crippen molar-refractivity contribution in [3.8, 4) is 5.75 Å². The summed E-state index contributed by atoms with van der Waals surface area (Å²) in [5.74, 6) is 0.545. The van der Waals surface area contributed by atoms with Crippen LogP contribution >= 0.6 is 0 Å². The molecular weight excluding hydrogens is 338 g/mol.